The number of rotatable bonds is 49. The van der Waals surface area contributed by atoms with Gasteiger partial charge in [0.2, 0.25) is 0 Å². The Morgan fingerprint density at radius 3 is 0.984 bits per heavy atom. The Labute approximate surface area is 379 Å². The molecule has 0 N–H and O–H groups in total. The number of ether oxygens (including phenoxy) is 3. The fourth-order valence-corrected chi connectivity index (χ4v) is 7.95. The Morgan fingerprint density at radius 2 is 0.639 bits per heavy atom. The molecule has 0 amide bonds. The normalized spacial score (nSPS) is 12.1. The van der Waals surface area contributed by atoms with Gasteiger partial charge >= 0.3 is 17.9 Å². The third-order valence-corrected chi connectivity index (χ3v) is 12.0. The van der Waals surface area contributed by atoms with Crippen LogP contribution in [0.4, 0.5) is 0 Å². The van der Waals surface area contributed by atoms with Crippen molar-refractivity contribution in [1.29, 1.82) is 0 Å². The fourth-order valence-electron chi connectivity index (χ4n) is 7.95. The molecule has 0 aliphatic carbocycles. The molecule has 0 aromatic rings. The average Bonchev–Trinajstić information content (AvgIpc) is 3.26. The first-order chi connectivity index (χ1) is 30.0. The number of carbonyl (C=O) groups is 3. The predicted octanol–water partition coefficient (Wildman–Crippen LogP) is 17.5. The van der Waals surface area contributed by atoms with Crippen LogP contribution in [-0.4, -0.2) is 37.2 Å². The second-order valence-electron chi connectivity index (χ2n) is 18.1. The van der Waals surface area contributed by atoms with Crippen molar-refractivity contribution >= 4 is 17.9 Å². The van der Waals surface area contributed by atoms with Crippen molar-refractivity contribution in [2.45, 2.75) is 297 Å². The minimum atomic E-state index is -0.769. The highest BCUT2D eigenvalue weighted by atomic mass is 16.6. The molecule has 0 saturated carbocycles. The molecule has 0 saturated heterocycles. The Bertz CT molecular complexity index is 989. The highest BCUT2D eigenvalue weighted by molar-refractivity contribution is 5.71. The summed E-state index contributed by atoms with van der Waals surface area (Å²) >= 11 is 0. The number of unbranched alkanes of at least 4 members (excludes halogenated alkanes) is 34. The zero-order valence-corrected chi connectivity index (χ0v) is 40.9. The van der Waals surface area contributed by atoms with Gasteiger partial charge in [-0.15, -0.1) is 0 Å². The molecule has 0 heterocycles. The zero-order valence-electron chi connectivity index (χ0n) is 40.9. The summed E-state index contributed by atoms with van der Waals surface area (Å²) < 4.78 is 16.8. The first kappa shape index (κ1) is 58.9. The molecule has 358 valence electrons. The van der Waals surface area contributed by atoms with Gasteiger partial charge in [-0.1, -0.05) is 251 Å². The number of hydrogen-bond donors (Lipinski definition) is 0. The molecule has 0 aromatic carbocycles. The Hall–Kier alpha value is -2.11. The van der Waals surface area contributed by atoms with E-state index in [1.54, 1.807) is 0 Å². The van der Waals surface area contributed by atoms with Gasteiger partial charge in [-0.05, 0) is 44.9 Å². The highest BCUT2D eigenvalue weighted by Gasteiger charge is 2.19. The number of esters is 3. The van der Waals surface area contributed by atoms with Crippen molar-refractivity contribution in [2.75, 3.05) is 13.2 Å². The van der Waals surface area contributed by atoms with Crippen LogP contribution in [0.25, 0.3) is 0 Å². The van der Waals surface area contributed by atoms with Gasteiger partial charge in [-0.2, -0.15) is 0 Å². The standard InChI is InChI=1S/C55H102O6/c1-4-7-10-13-16-19-22-25-28-31-33-36-39-42-45-48-54(57)60-51-52(61-55(58)49-46-43-40-37-34-30-27-24-21-18-15-12-9-6-3)50-59-53(56)47-44-41-38-35-32-29-26-23-20-17-14-11-8-5-2/h9,12,18,21,52H,4-8,10-11,13-17,19-20,22-51H2,1-3H3/b12-9-,21-18-. The molecule has 1 unspecified atom stereocenters. The van der Waals surface area contributed by atoms with Gasteiger partial charge in [0.15, 0.2) is 6.10 Å². The van der Waals surface area contributed by atoms with E-state index in [0.29, 0.717) is 19.3 Å². The minimum Gasteiger partial charge on any atom is -0.462 e. The Morgan fingerprint density at radius 1 is 0.344 bits per heavy atom. The highest BCUT2D eigenvalue weighted by Crippen LogP contribution is 2.16. The lowest BCUT2D eigenvalue weighted by molar-refractivity contribution is -0.167. The van der Waals surface area contributed by atoms with Crippen molar-refractivity contribution < 1.29 is 28.6 Å². The molecular weight excluding hydrogens is 757 g/mol. The summed E-state index contributed by atoms with van der Waals surface area (Å²) in [5.41, 5.74) is 0. The second kappa shape index (κ2) is 50.5. The van der Waals surface area contributed by atoms with Crippen LogP contribution < -0.4 is 0 Å². The molecule has 0 fully saturated rings. The van der Waals surface area contributed by atoms with Crippen LogP contribution in [0.2, 0.25) is 0 Å². The average molecular weight is 859 g/mol. The maximum atomic E-state index is 12.8. The molecular formula is C55H102O6. The lowest BCUT2D eigenvalue weighted by atomic mass is 10.0. The van der Waals surface area contributed by atoms with Gasteiger partial charge < -0.3 is 14.2 Å². The fraction of sp³-hybridized carbons (Fsp3) is 0.873. The van der Waals surface area contributed by atoms with Crippen LogP contribution in [0.15, 0.2) is 24.3 Å². The summed E-state index contributed by atoms with van der Waals surface area (Å²) in [6, 6.07) is 0. The van der Waals surface area contributed by atoms with Crippen molar-refractivity contribution in [2.24, 2.45) is 0 Å². The second-order valence-corrected chi connectivity index (χ2v) is 18.1. The summed E-state index contributed by atoms with van der Waals surface area (Å²) in [5.74, 6) is -0.860. The molecule has 0 radical (unpaired) electrons. The molecule has 1 atom stereocenters. The van der Waals surface area contributed by atoms with E-state index in [1.165, 1.54) is 173 Å². The summed E-state index contributed by atoms with van der Waals surface area (Å²) in [7, 11) is 0. The van der Waals surface area contributed by atoms with Crippen molar-refractivity contribution in [3.05, 3.63) is 24.3 Å². The van der Waals surface area contributed by atoms with E-state index in [1.807, 2.05) is 0 Å². The molecule has 0 spiro atoms. The monoisotopic (exact) mass is 859 g/mol. The van der Waals surface area contributed by atoms with Gasteiger partial charge in [0, 0.05) is 19.3 Å². The van der Waals surface area contributed by atoms with Crippen LogP contribution in [-0.2, 0) is 28.6 Å². The van der Waals surface area contributed by atoms with E-state index >= 15 is 0 Å². The molecule has 0 aromatic heterocycles. The van der Waals surface area contributed by atoms with E-state index in [4.69, 9.17) is 14.2 Å². The molecule has 0 aliphatic rings. The maximum Gasteiger partial charge on any atom is 0.306 e. The number of allylic oxidation sites excluding steroid dienone is 4. The summed E-state index contributed by atoms with van der Waals surface area (Å²) in [4.78, 5) is 38.0. The van der Waals surface area contributed by atoms with Crippen LogP contribution in [0.1, 0.15) is 290 Å². The van der Waals surface area contributed by atoms with Crippen molar-refractivity contribution in [3.63, 3.8) is 0 Å². The smallest absolute Gasteiger partial charge is 0.306 e. The van der Waals surface area contributed by atoms with Gasteiger partial charge in [0.25, 0.3) is 0 Å². The Balaban J connectivity index is 4.33. The third kappa shape index (κ3) is 48.8. The first-order valence-corrected chi connectivity index (χ1v) is 26.8. The number of carbonyl (C=O) groups excluding carboxylic acids is 3. The quantitative estimate of drug-likeness (QED) is 0.0262. The van der Waals surface area contributed by atoms with E-state index < -0.39 is 6.10 Å². The maximum absolute atomic E-state index is 12.8. The lowest BCUT2D eigenvalue weighted by Crippen LogP contribution is -2.30. The van der Waals surface area contributed by atoms with E-state index in [-0.39, 0.29) is 31.1 Å². The molecule has 6 heteroatoms. The van der Waals surface area contributed by atoms with Crippen LogP contribution in [0.3, 0.4) is 0 Å². The predicted molar refractivity (Wildman–Crippen MR) is 261 cm³/mol. The van der Waals surface area contributed by atoms with E-state index in [2.05, 4.69) is 45.1 Å². The summed E-state index contributed by atoms with van der Waals surface area (Å²) in [6.07, 6.45) is 57.3. The van der Waals surface area contributed by atoms with Gasteiger partial charge in [0.1, 0.15) is 13.2 Å². The largest absolute Gasteiger partial charge is 0.462 e. The van der Waals surface area contributed by atoms with Gasteiger partial charge in [0.05, 0.1) is 0 Å². The summed E-state index contributed by atoms with van der Waals surface area (Å²) in [6.45, 7) is 6.57. The lowest BCUT2D eigenvalue weighted by Gasteiger charge is -2.18. The van der Waals surface area contributed by atoms with Gasteiger partial charge in [-0.3, -0.25) is 14.4 Å². The third-order valence-electron chi connectivity index (χ3n) is 12.0. The van der Waals surface area contributed by atoms with Crippen LogP contribution >= 0.6 is 0 Å². The SMILES string of the molecule is CC/C=C\C/C=C\CCCCCCCCCC(=O)OC(COC(=O)CCCCCCCCCCCCCCCC)COC(=O)CCCCCCCCCCCCCCCCC. The van der Waals surface area contributed by atoms with Crippen molar-refractivity contribution in [1.82, 2.24) is 0 Å². The molecule has 6 nitrogen and oxygen atoms in total. The van der Waals surface area contributed by atoms with Gasteiger partial charge in [-0.25, -0.2) is 0 Å². The summed E-state index contributed by atoms with van der Waals surface area (Å²) in [5, 5.41) is 0. The zero-order chi connectivity index (χ0) is 44.4. The van der Waals surface area contributed by atoms with Crippen molar-refractivity contribution in [3.8, 4) is 0 Å². The Kier molecular flexibility index (Phi) is 48.8. The topological polar surface area (TPSA) is 78.9 Å². The number of hydrogen-bond acceptors (Lipinski definition) is 6. The molecule has 0 aliphatic heterocycles. The minimum absolute atomic E-state index is 0.0694. The molecule has 61 heavy (non-hydrogen) atoms. The van der Waals surface area contributed by atoms with E-state index in [0.717, 1.165) is 77.0 Å². The molecule has 0 bridgehead atoms. The van der Waals surface area contributed by atoms with Crippen LogP contribution in [0.5, 0.6) is 0 Å². The van der Waals surface area contributed by atoms with Crippen LogP contribution in [0, 0.1) is 0 Å². The molecule has 0 rings (SSSR count). The first-order valence-electron chi connectivity index (χ1n) is 26.8. The van der Waals surface area contributed by atoms with E-state index in [9.17, 15) is 14.4 Å².